The number of fused-ring (bicyclic) bond motifs is 1. The minimum absolute atomic E-state index is 0.153. The highest BCUT2D eigenvalue weighted by atomic mass is 19.1. The lowest BCUT2D eigenvalue weighted by molar-refractivity contribution is 0.0745. The van der Waals surface area contributed by atoms with Crippen LogP contribution < -0.4 is 9.47 Å². The van der Waals surface area contributed by atoms with Gasteiger partial charge in [0.2, 0.25) is 0 Å². The Morgan fingerprint density at radius 1 is 0.971 bits per heavy atom. The zero-order chi connectivity index (χ0) is 23.7. The molecule has 0 spiro atoms. The van der Waals surface area contributed by atoms with Crippen molar-refractivity contribution in [2.75, 3.05) is 20.8 Å². The number of ether oxygens (including phenoxy) is 2. The molecule has 1 atom stereocenters. The van der Waals surface area contributed by atoms with Crippen LogP contribution in [0.25, 0.3) is 11.3 Å². The third kappa shape index (κ3) is 3.79. The molecule has 0 radical (unpaired) electrons. The summed E-state index contributed by atoms with van der Waals surface area (Å²) in [5.74, 6) is 0.785. The number of benzene rings is 3. The summed E-state index contributed by atoms with van der Waals surface area (Å²) < 4.78 is 25.0. The molecule has 0 saturated heterocycles. The van der Waals surface area contributed by atoms with Crippen LogP contribution >= 0.6 is 0 Å². The molecule has 0 aliphatic carbocycles. The Kier molecular flexibility index (Phi) is 5.76. The van der Waals surface area contributed by atoms with E-state index in [1.807, 2.05) is 54.6 Å². The quantitative estimate of drug-likeness (QED) is 0.423. The van der Waals surface area contributed by atoms with Crippen LogP contribution in [0, 0.1) is 5.82 Å². The highest BCUT2D eigenvalue weighted by Gasteiger charge is 2.42. The SMILES string of the molecule is COc1ccc(CCN2C(=O)c3[nH]nc(-c4ccccc4)c3C2c2cccc(F)c2)cc1OC. The number of aromatic amines is 1. The number of hydrogen-bond donors (Lipinski definition) is 1. The first kappa shape index (κ1) is 21.7. The number of carbonyl (C=O) groups is 1. The van der Waals surface area contributed by atoms with Gasteiger partial charge < -0.3 is 14.4 Å². The van der Waals surface area contributed by atoms with Crippen LogP contribution in [0.2, 0.25) is 0 Å². The lowest BCUT2D eigenvalue weighted by atomic mass is 9.96. The second-order valence-corrected chi connectivity index (χ2v) is 8.12. The molecule has 34 heavy (non-hydrogen) atoms. The summed E-state index contributed by atoms with van der Waals surface area (Å²) in [6, 6.07) is 21.4. The minimum atomic E-state index is -0.452. The van der Waals surface area contributed by atoms with Crippen molar-refractivity contribution in [1.82, 2.24) is 15.1 Å². The Morgan fingerprint density at radius 3 is 2.50 bits per heavy atom. The normalized spacial score (nSPS) is 14.9. The fraction of sp³-hybridized carbons (Fsp3) is 0.185. The van der Waals surface area contributed by atoms with Gasteiger partial charge in [-0.15, -0.1) is 0 Å². The highest BCUT2D eigenvalue weighted by molar-refractivity contribution is 6.00. The molecule has 0 saturated carbocycles. The molecule has 1 aromatic heterocycles. The zero-order valence-electron chi connectivity index (χ0n) is 18.9. The molecule has 1 amide bonds. The van der Waals surface area contributed by atoms with Crippen LogP contribution in [0.1, 0.15) is 33.2 Å². The minimum Gasteiger partial charge on any atom is -0.493 e. The van der Waals surface area contributed by atoms with Gasteiger partial charge in [-0.25, -0.2) is 4.39 Å². The number of nitrogens with zero attached hydrogens (tertiary/aromatic N) is 2. The van der Waals surface area contributed by atoms with Gasteiger partial charge in [-0.1, -0.05) is 48.5 Å². The molecule has 4 aromatic rings. The molecule has 0 bridgehead atoms. The van der Waals surface area contributed by atoms with E-state index in [4.69, 9.17) is 9.47 Å². The van der Waals surface area contributed by atoms with E-state index >= 15 is 0 Å². The maximum absolute atomic E-state index is 14.2. The van der Waals surface area contributed by atoms with Crippen molar-refractivity contribution < 1.29 is 18.7 Å². The van der Waals surface area contributed by atoms with Gasteiger partial charge in [0.15, 0.2) is 11.5 Å². The number of aromatic nitrogens is 2. The first-order valence-electron chi connectivity index (χ1n) is 11.0. The van der Waals surface area contributed by atoms with Crippen molar-refractivity contribution >= 4 is 5.91 Å². The van der Waals surface area contributed by atoms with Crippen molar-refractivity contribution in [3.8, 4) is 22.8 Å². The van der Waals surface area contributed by atoms with Gasteiger partial charge >= 0.3 is 0 Å². The van der Waals surface area contributed by atoms with Gasteiger partial charge in [0, 0.05) is 17.7 Å². The van der Waals surface area contributed by atoms with Crippen molar-refractivity contribution in [3.05, 3.63) is 101 Å². The number of H-pyrrole nitrogens is 1. The predicted molar refractivity (Wildman–Crippen MR) is 127 cm³/mol. The topological polar surface area (TPSA) is 67.5 Å². The molecule has 5 rings (SSSR count). The monoisotopic (exact) mass is 457 g/mol. The third-order valence-electron chi connectivity index (χ3n) is 6.16. The molecule has 6 nitrogen and oxygen atoms in total. The molecular formula is C27H24FN3O3. The van der Waals surface area contributed by atoms with Crippen LogP contribution in [0.5, 0.6) is 11.5 Å². The number of amides is 1. The van der Waals surface area contributed by atoms with E-state index < -0.39 is 6.04 Å². The summed E-state index contributed by atoms with van der Waals surface area (Å²) in [4.78, 5) is 15.2. The van der Waals surface area contributed by atoms with Gasteiger partial charge in [0.25, 0.3) is 5.91 Å². The van der Waals surface area contributed by atoms with E-state index in [0.717, 1.165) is 16.7 Å². The summed E-state index contributed by atoms with van der Waals surface area (Å²) in [5.41, 5.74) is 4.52. The van der Waals surface area contributed by atoms with Crippen LogP contribution in [-0.4, -0.2) is 41.8 Å². The Balaban J connectivity index is 1.53. The average molecular weight is 458 g/mol. The van der Waals surface area contributed by atoms with E-state index in [1.54, 1.807) is 25.2 Å². The maximum atomic E-state index is 14.2. The standard InChI is InChI=1S/C27H24FN3O3/c1-33-21-12-11-17(15-22(21)34-2)13-14-31-26(19-9-6-10-20(28)16-19)23-24(18-7-4-3-5-8-18)29-30-25(23)27(31)32/h3-12,15-16,26H,13-14H2,1-2H3,(H,29,30). The number of nitrogens with one attached hydrogen (secondary N) is 1. The molecule has 172 valence electrons. The Morgan fingerprint density at radius 2 is 1.76 bits per heavy atom. The Hall–Kier alpha value is -4.13. The molecule has 1 aliphatic heterocycles. The number of rotatable bonds is 7. The lowest BCUT2D eigenvalue weighted by Crippen LogP contribution is -2.31. The second-order valence-electron chi connectivity index (χ2n) is 8.12. The highest BCUT2D eigenvalue weighted by Crippen LogP contribution is 2.43. The van der Waals surface area contributed by atoms with E-state index in [9.17, 15) is 9.18 Å². The largest absolute Gasteiger partial charge is 0.493 e. The van der Waals surface area contributed by atoms with Crippen LogP contribution in [-0.2, 0) is 6.42 Å². The van der Waals surface area contributed by atoms with Gasteiger partial charge in [-0.2, -0.15) is 5.10 Å². The Labute approximate surface area is 196 Å². The lowest BCUT2D eigenvalue weighted by Gasteiger charge is -2.26. The number of carbonyl (C=O) groups excluding carboxylic acids is 1. The summed E-state index contributed by atoms with van der Waals surface area (Å²) in [7, 11) is 3.19. The molecule has 3 aromatic carbocycles. The maximum Gasteiger partial charge on any atom is 0.273 e. The average Bonchev–Trinajstić information content (AvgIpc) is 3.41. The van der Waals surface area contributed by atoms with Crippen LogP contribution in [0.3, 0.4) is 0 Å². The summed E-state index contributed by atoms with van der Waals surface area (Å²) in [5, 5.41) is 7.39. The fourth-order valence-electron chi connectivity index (χ4n) is 4.55. The predicted octanol–water partition coefficient (Wildman–Crippen LogP) is 5.02. The zero-order valence-corrected chi connectivity index (χ0v) is 18.9. The van der Waals surface area contributed by atoms with Crippen molar-refractivity contribution in [2.24, 2.45) is 0 Å². The van der Waals surface area contributed by atoms with Gasteiger partial charge in [-0.3, -0.25) is 9.89 Å². The number of methoxy groups -OCH3 is 2. The van der Waals surface area contributed by atoms with Crippen molar-refractivity contribution in [2.45, 2.75) is 12.5 Å². The van der Waals surface area contributed by atoms with Gasteiger partial charge in [-0.05, 0) is 41.8 Å². The first-order valence-corrected chi connectivity index (χ1v) is 11.0. The second kappa shape index (κ2) is 9.02. The molecule has 1 unspecified atom stereocenters. The summed E-state index contributed by atoms with van der Waals surface area (Å²) >= 11 is 0. The number of halogens is 1. The molecule has 2 heterocycles. The number of hydrogen-bond acceptors (Lipinski definition) is 4. The van der Waals surface area contributed by atoms with E-state index in [0.29, 0.717) is 41.4 Å². The van der Waals surface area contributed by atoms with E-state index in [2.05, 4.69) is 10.2 Å². The van der Waals surface area contributed by atoms with Gasteiger partial charge in [0.05, 0.1) is 26.0 Å². The molecular weight excluding hydrogens is 433 g/mol. The molecule has 1 aliphatic rings. The molecule has 0 fully saturated rings. The fourth-order valence-corrected chi connectivity index (χ4v) is 4.55. The molecule has 7 heteroatoms. The van der Waals surface area contributed by atoms with E-state index in [1.165, 1.54) is 12.1 Å². The summed E-state index contributed by atoms with van der Waals surface area (Å²) in [6.07, 6.45) is 0.594. The first-order chi connectivity index (χ1) is 16.6. The van der Waals surface area contributed by atoms with Gasteiger partial charge in [0.1, 0.15) is 11.5 Å². The van der Waals surface area contributed by atoms with Crippen molar-refractivity contribution in [3.63, 3.8) is 0 Å². The van der Waals surface area contributed by atoms with E-state index in [-0.39, 0.29) is 11.7 Å². The third-order valence-corrected chi connectivity index (χ3v) is 6.16. The Bertz CT molecular complexity index is 1340. The van der Waals surface area contributed by atoms with Crippen LogP contribution in [0.4, 0.5) is 4.39 Å². The summed E-state index contributed by atoms with van der Waals surface area (Å²) in [6.45, 7) is 0.437. The van der Waals surface area contributed by atoms with Crippen molar-refractivity contribution in [1.29, 1.82) is 0 Å². The smallest absolute Gasteiger partial charge is 0.273 e. The van der Waals surface area contributed by atoms with Crippen LogP contribution in [0.15, 0.2) is 72.8 Å². The molecule has 1 N–H and O–H groups in total.